The number of aryl methyl sites for hydroxylation is 1. The van der Waals surface area contributed by atoms with Crippen LogP contribution in [0, 0.1) is 6.92 Å². The molecule has 0 saturated carbocycles. The number of nitrogens with zero attached hydrogens (tertiary/aromatic N) is 2. The molecular formula is C19H19BrN2O. The molecule has 0 unspecified atom stereocenters. The molecule has 1 heterocycles. The summed E-state index contributed by atoms with van der Waals surface area (Å²) in [5, 5.41) is 0.640. The van der Waals surface area contributed by atoms with Crippen LogP contribution in [0.25, 0.3) is 16.6 Å². The van der Waals surface area contributed by atoms with E-state index in [-0.39, 0.29) is 11.0 Å². The highest BCUT2D eigenvalue weighted by Crippen LogP contribution is 2.26. The summed E-state index contributed by atoms with van der Waals surface area (Å²) >= 11 is 3.52. The Morgan fingerprint density at radius 1 is 1.09 bits per heavy atom. The first-order chi connectivity index (χ1) is 10.8. The highest BCUT2D eigenvalue weighted by Gasteiger charge is 2.23. The summed E-state index contributed by atoms with van der Waals surface area (Å²) < 4.78 is 2.77. The van der Waals surface area contributed by atoms with E-state index in [9.17, 15) is 4.79 Å². The van der Waals surface area contributed by atoms with Crippen molar-refractivity contribution in [1.29, 1.82) is 0 Å². The van der Waals surface area contributed by atoms with E-state index in [0.29, 0.717) is 5.39 Å². The van der Waals surface area contributed by atoms with Crippen LogP contribution >= 0.6 is 15.9 Å². The molecule has 2 aromatic carbocycles. The molecule has 0 fully saturated rings. The number of rotatable bonds is 1. The van der Waals surface area contributed by atoms with Crippen LogP contribution in [0.15, 0.2) is 51.7 Å². The molecule has 0 aliphatic rings. The van der Waals surface area contributed by atoms with Crippen LogP contribution in [0.4, 0.5) is 0 Å². The summed E-state index contributed by atoms with van der Waals surface area (Å²) in [7, 11) is 0. The van der Waals surface area contributed by atoms with Gasteiger partial charge in [-0.25, -0.2) is 4.98 Å². The van der Waals surface area contributed by atoms with Gasteiger partial charge in [-0.05, 0) is 42.8 Å². The fourth-order valence-electron chi connectivity index (χ4n) is 2.64. The van der Waals surface area contributed by atoms with Crippen molar-refractivity contribution in [2.45, 2.75) is 33.1 Å². The van der Waals surface area contributed by atoms with Gasteiger partial charge in [0, 0.05) is 9.89 Å². The van der Waals surface area contributed by atoms with Crippen molar-refractivity contribution in [3.63, 3.8) is 0 Å². The van der Waals surface area contributed by atoms with Gasteiger partial charge in [-0.3, -0.25) is 9.36 Å². The van der Waals surface area contributed by atoms with Gasteiger partial charge in [0.1, 0.15) is 5.82 Å². The lowest BCUT2D eigenvalue weighted by Crippen LogP contribution is -2.30. The molecule has 0 atom stereocenters. The van der Waals surface area contributed by atoms with Crippen molar-refractivity contribution in [2.75, 3.05) is 0 Å². The largest absolute Gasteiger partial charge is 0.268 e. The Bertz CT molecular complexity index is 952. The fourth-order valence-corrected chi connectivity index (χ4v) is 2.89. The predicted octanol–water partition coefficient (Wildman–Crippen LogP) is 4.75. The lowest BCUT2D eigenvalue weighted by atomic mass is 9.94. The molecule has 1 aromatic heterocycles. The first-order valence-electron chi connectivity index (χ1n) is 7.58. The van der Waals surface area contributed by atoms with Crippen molar-refractivity contribution >= 4 is 26.8 Å². The molecule has 0 saturated heterocycles. The third kappa shape index (κ3) is 2.83. The van der Waals surface area contributed by atoms with Crippen LogP contribution in [0.5, 0.6) is 0 Å². The van der Waals surface area contributed by atoms with Crippen molar-refractivity contribution in [3.05, 3.63) is 68.7 Å². The predicted molar refractivity (Wildman–Crippen MR) is 98.5 cm³/mol. The molecule has 3 nitrogen and oxygen atoms in total. The Hall–Kier alpha value is -1.94. The van der Waals surface area contributed by atoms with E-state index in [1.54, 1.807) is 4.57 Å². The molecule has 0 aliphatic heterocycles. The van der Waals surface area contributed by atoms with Crippen molar-refractivity contribution in [1.82, 2.24) is 9.55 Å². The summed E-state index contributed by atoms with van der Waals surface area (Å²) in [6, 6.07) is 13.4. The highest BCUT2D eigenvalue weighted by molar-refractivity contribution is 9.10. The topological polar surface area (TPSA) is 34.9 Å². The third-order valence-electron chi connectivity index (χ3n) is 3.85. The molecule has 0 spiro atoms. The second-order valence-corrected chi connectivity index (χ2v) is 7.63. The van der Waals surface area contributed by atoms with E-state index in [1.807, 2.05) is 49.4 Å². The van der Waals surface area contributed by atoms with E-state index in [0.717, 1.165) is 27.1 Å². The normalized spacial score (nSPS) is 11.9. The average Bonchev–Trinajstić information content (AvgIpc) is 2.49. The van der Waals surface area contributed by atoms with Gasteiger partial charge in [0.05, 0.1) is 16.6 Å². The summed E-state index contributed by atoms with van der Waals surface area (Å²) in [6.07, 6.45) is 0. The zero-order chi connectivity index (χ0) is 16.8. The molecule has 0 radical (unpaired) electrons. The van der Waals surface area contributed by atoms with E-state index in [1.165, 1.54) is 0 Å². The molecule has 3 rings (SSSR count). The molecule has 0 aliphatic carbocycles. The van der Waals surface area contributed by atoms with Gasteiger partial charge >= 0.3 is 0 Å². The van der Waals surface area contributed by atoms with E-state index in [4.69, 9.17) is 4.98 Å². The van der Waals surface area contributed by atoms with Gasteiger partial charge in [0.25, 0.3) is 5.56 Å². The number of para-hydroxylation sites is 1. The van der Waals surface area contributed by atoms with Gasteiger partial charge in [-0.1, -0.05) is 48.8 Å². The summed E-state index contributed by atoms with van der Waals surface area (Å²) in [5.74, 6) is 0.767. The Labute approximate surface area is 144 Å². The Morgan fingerprint density at radius 3 is 2.43 bits per heavy atom. The van der Waals surface area contributed by atoms with Crippen LogP contribution in [-0.2, 0) is 5.41 Å². The van der Waals surface area contributed by atoms with Gasteiger partial charge in [0.15, 0.2) is 0 Å². The minimum atomic E-state index is -0.246. The Kier molecular flexibility index (Phi) is 3.88. The molecule has 118 valence electrons. The Balaban J connectivity index is 2.44. The van der Waals surface area contributed by atoms with Crippen LogP contribution in [0.1, 0.15) is 32.2 Å². The zero-order valence-corrected chi connectivity index (χ0v) is 15.3. The van der Waals surface area contributed by atoms with E-state index >= 15 is 0 Å². The molecule has 3 aromatic rings. The number of aromatic nitrogens is 2. The minimum Gasteiger partial charge on any atom is -0.268 e. The van der Waals surface area contributed by atoms with Gasteiger partial charge < -0.3 is 0 Å². The monoisotopic (exact) mass is 370 g/mol. The van der Waals surface area contributed by atoms with Crippen LogP contribution in [-0.4, -0.2) is 9.55 Å². The lowest BCUT2D eigenvalue weighted by molar-refractivity contribution is 0.526. The van der Waals surface area contributed by atoms with Gasteiger partial charge in [-0.2, -0.15) is 0 Å². The maximum Gasteiger partial charge on any atom is 0.265 e. The van der Waals surface area contributed by atoms with Gasteiger partial charge in [0.2, 0.25) is 0 Å². The van der Waals surface area contributed by atoms with Gasteiger partial charge in [-0.15, -0.1) is 0 Å². The third-order valence-corrected chi connectivity index (χ3v) is 4.74. The van der Waals surface area contributed by atoms with Crippen LogP contribution < -0.4 is 5.56 Å². The Morgan fingerprint density at radius 2 is 1.78 bits per heavy atom. The fraction of sp³-hybridized carbons (Fsp3) is 0.263. The number of hydrogen-bond acceptors (Lipinski definition) is 2. The summed E-state index contributed by atoms with van der Waals surface area (Å²) in [4.78, 5) is 17.9. The maximum atomic E-state index is 13.1. The second-order valence-electron chi connectivity index (χ2n) is 6.78. The standard InChI is InChI=1S/C19H19BrN2O/c1-12-11-13(9-10-15(12)20)22-17(23)14-7-5-6-8-16(14)21-18(22)19(2,3)4/h5-11H,1-4H3. The van der Waals surface area contributed by atoms with E-state index in [2.05, 4.69) is 36.7 Å². The van der Waals surface area contributed by atoms with Crippen molar-refractivity contribution in [2.24, 2.45) is 0 Å². The SMILES string of the molecule is Cc1cc(-n2c(C(C)(C)C)nc3ccccc3c2=O)ccc1Br. The first-order valence-corrected chi connectivity index (χ1v) is 8.37. The van der Waals surface area contributed by atoms with E-state index < -0.39 is 0 Å². The molecule has 0 N–H and O–H groups in total. The van der Waals surface area contributed by atoms with Crippen LogP contribution in [0.3, 0.4) is 0 Å². The quantitative estimate of drug-likeness (QED) is 0.619. The van der Waals surface area contributed by atoms with Crippen molar-refractivity contribution in [3.8, 4) is 5.69 Å². The minimum absolute atomic E-state index is 0.0257. The highest BCUT2D eigenvalue weighted by atomic mass is 79.9. The average molecular weight is 371 g/mol. The summed E-state index contributed by atoms with van der Waals surface area (Å²) in [6.45, 7) is 8.24. The number of halogens is 1. The smallest absolute Gasteiger partial charge is 0.265 e. The maximum absolute atomic E-state index is 13.1. The second kappa shape index (κ2) is 5.60. The molecule has 4 heteroatoms. The number of fused-ring (bicyclic) bond motifs is 1. The molecule has 23 heavy (non-hydrogen) atoms. The molecular weight excluding hydrogens is 352 g/mol. The molecule has 0 bridgehead atoms. The van der Waals surface area contributed by atoms with Crippen molar-refractivity contribution < 1.29 is 0 Å². The molecule has 0 amide bonds. The zero-order valence-electron chi connectivity index (χ0n) is 13.7. The lowest BCUT2D eigenvalue weighted by Gasteiger charge is -2.23. The number of benzene rings is 2. The summed E-state index contributed by atoms with van der Waals surface area (Å²) in [5.41, 5.74) is 2.40. The first kappa shape index (κ1) is 15.9. The number of hydrogen-bond donors (Lipinski definition) is 0. The van der Waals surface area contributed by atoms with Crippen LogP contribution in [0.2, 0.25) is 0 Å².